The minimum atomic E-state index is 0.451. The highest BCUT2D eigenvalue weighted by Crippen LogP contribution is 2.20. The molecule has 82 valence electrons. The van der Waals surface area contributed by atoms with E-state index < -0.39 is 0 Å². The Kier molecular flexibility index (Phi) is 3.78. The summed E-state index contributed by atoms with van der Waals surface area (Å²) in [6.07, 6.45) is 1.11. The molecule has 2 rings (SSSR count). The third-order valence-electron chi connectivity index (χ3n) is 2.76. The van der Waals surface area contributed by atoms with Crippen molar-refractivity contribution in [3.8, 4) is 0 Å². The molecule has 0 spiro atoms. The van der Waals surface area contributed by atoms with Gasteiger partial charge in [-0.25, -0.2) is 0 Å². The van der Waals surface area contributed by atoms with Crippen LogP contribution in [0, 0.1) is 0 Å². The first-order valence-corrected chi connectivity index (χ1v) is 6.18. The fraction of sp³-hybridized carbons (Fsp3) is 0.500. The lowest BCUT2D eigenvalue weighted by atomic mass is 10.0. The Morgan fingerprint density at radius 2 is 2.07 bits per heavy atom. The Hall–Kier alpha value is -0.380. The number of hydrogen-bond acceptors (Lipinski definition) is 2. The molecule has 1 heterocycles. The van der Waals surface area contributed by atoms with Crippen molar-refractivity contribution in [2.75, 3.05) is 13.2 Å². The molecule has 1 fully saturated rings. The molecule has 0 bridgehead atoms. The monoisotopic (exact) mass is 269 g/mol. The van der Waals surface area contributed by atoms with Crippen molar-refractivity contribution < 1.29 is 4.74 Å². The van der Waals surface area contributed by atoms with Crippen LogP contribution in [0.1, 0.15) is 24.9 Å². The van der Waals surface area contributed by atoms with Gasteiger partial charge in [0.1, 0.15) is 0 Å². The van der Waals surface area contributed by atoms with E-state index >= 15 is 0 Å². The van der Waals surface area contributed by atoms with Crippen LogP contribution >= 0.6 is 15.9 Å². The molecule has 0 aromatic heterocycles. The predicted octanol–water partition coefficient (Wildman–Crippen LogP) is 2.89. The van der Waals surface area contributed by atoms with Crippen molar-refractivity contribution in [3.05, 3.63) is 34.3 Å². The standard InChI is InChI=1S/C12H16BrNO/c1-2-12(14-11-7-15-8-11)9-3-5-10(13)6-4-9/h3-6,11-12,14H,2,7-8H2,1H3. The summed E-state index contributed by atoms with van der Waals surface area (Å²) >= 11 is 3.45. The minimum absolute atomic E-state index is 0.451. The average Bonchev–Trinajstić information content (AvgIpc) is 2.19. The van der Waals surface area contributed by atoms with E-state index in [0.29, 0.717) is 12.1 Å². The lowest BCUT2D eigenvalue weighted by Gasteiger charge is -2.31. The second-order valence-electron chi connectivity index (χ2n) is 3.91. The van der Waals surface area contributed by atoms with E-state index in [1.165, 1.54) is 5.56 Å². The van der Waals surface area contributed by atoms with E-state index in [-0.39, 0.29) is 0 Å². The molecule has 0 radical (unpaired) electrons. The van der Waals surface area contributed by atoms with E-state index in [2.05, 4.69) is 52.4 Å². The summed E-state index contributed by atoms with van der Waals surface area (Å²) in [5.74, 6) is 0. The summed E-state index contributed by atoms with van der Waals surface area (Å²) in [5, 5.41) is 3.60. The average molecular weight is 270 g/mol. The maximum atomic E-state index is 5.17. The van der Waals surface area contributed by atoms with Crippen LogP contribution in [0.4, 0.5) is 0 Å². The molecule has 1 aliphatic rings. The molecule has 3 heteroatoms. The second kappa shape index (κ2) is 5.10. The normalized spacial score (nSPS) is 18.5. The smallest absolute Gasteiger partial charge is 0.0643 e. The number of rotatable bonds is 4. The van der Waals surface area contributed by atoms with Gasteiger partial charge in [-0.05, 0) is 24.1 Å². The largest absolute Gasteiger partial charge is 0.378 e. The molecule has 15 heavy (non-hydrogen) atoms. The van der Waals surface area contributed by atoms with Gasteiger partial charge in [-0.2, -0.15) is 0 Å². The predicted molar refractivity (Wildman–Crippen MR) is 64.9 cm³/mol. The van der Waals surface area contributed by atoms with Crippen molar-refractivity contribution in [2.45, 2.75) is 25.4 Å². The molecular weight excluding hydrogens is 254 g/mol. The summed E-state index contributed by atoms with van der Waals surface area (Å²) in [6, 6.07) is 9.52. The van der Waals surface area contributed by atoms with Crippen LogP contribution in [-0.2, 0) is 4.74 Å². The van der Waals surface area contributed by atoms with Gasteiger partial charge < -0.3 is 10.1 Å². The van der Waals surface area contributed by atoms with E-state index in [0.717, 1.165) is 24.1 Å². The number of halogens is 1. The van der Waals surface area contributed by atoms with Crippen LogP contribution in [-0.4, -0.2) is 19.3 Å². The minimum Gasteiger partial charge on any atom is -0.378 e. The highest BCUT2D eigenvalue weighted by atomic mass is 79.9. The van der Waals surface area contributed by atoms with E-state index in [1.54, 1.807) is 0 Å². The summed E-state index contributed by atoms with van der Waals surface area (Å²) in [4.78, 5) is 0. The Labute approximate surface area is 99.1 Å². The summed E-state index contributed by atoms with van der Waals surface area (Å²) < 4.78 is 6.30. The Balaban J connectivity index is 2.01. The highest BCUT2D eigenvalue weighted by molar-refractivity contribution is 9.10. The van der Waals surface area contributed by atoms with Gasteiger partial charge in [-0.1, -0.05) is 35.0 Å². The number of nitrogens with one attached hydrogen (secondary N) is 1. The van der Waals surface area contributed by atoms with Gasteiger partial charge in [0, 0.05) is 10.5 Å². The molecule has 2 nitrogen and oxygen atoms in total. The zero-order chi connectivity index (χ0) is 10.7. The van der Waals surface area contributed by atoms with Gasteiger partial charge in [0.25, 0.3) is 0 Å². The molecule has 1 N–H and O–H groups in total. The lowest BCUT2D eigenvalue weighted by Crippen LogP contribution is -2.47. The molecule has 1 unspecified atom stereocenters. The molecule has 1 atom stereocenters. The zero-order valence-electron chi connectivity index (χ0n) is 8.87. The van der Waals surface area contributed by atoms with Crippen LogP contribution in [0.5, 0.6) is 0 Å². The van der Waals surface area contributed by atoms with Gasteiger partial charge in [-0.3, -0.25) is 0 Å². The Bertz CT molecular complexity index is 308. The van der Waals surface area contributed by atoms with Crippen LogP contribution in [0.3, 0.4) is 0 Å². The molecule has 0 saturated carbocycles. The van der Waals surface area contributed by atoms with Crippen LogP contribution < -0.4 is 5.32 Å². The van der Waals surface area contributed by atoms with Crippen molar-refractivity contribution >= 4 is 15.9 Å². The molecule has 1 aromatic rings. The first-order valence-electron chi connectivity index (χ1n) is 5.39. The molecule has 1 aliphatic heterocycles. The summed E-state index contributed by atoms with van der Waals surface area (Å²) in [7, 11) is 0. The fourth-order valence-corrected chi connectivity index (χ4v) is 2.03. The van der Waals surface area contributed by atoms with Crippen molar-refractivity contribution in [3.63, 3.8) is 0 Å². The van der Waals surface area contributed by atoms with Crippen molar-refractivity contribution in [1.82, 2.24) is 5.32 Å². The van der Waals surface area contributed by atoms with Gasteiger partial charge >= 0.3 is 0 Å². The van der Waals surface area contributed by atoms with E-state index in [4.69, 9.17) is 4.74 Å². The lowest BCUT2D eigenvalue weighted by molar-refractivity contribution is -0.0103. The quantitative estimate of drug-likeness (QED) is 0.908. The highest BCUT2D eigenvalue weighted by Gasteiger charge is 2.21. The zero-order valence-corrected chi connectivity index (χ0v) is 10.5. The maximum absolute atomic E-state index is 5.17. The Morgan fingerprint density at radius 1 is 1.40 bits per heavy atom. The third-order valence-corrected chi connectivity index (χ3v) is 3.28. The maximum Gasteiger partial charge on any atom is 0.0643 e. The summed E-state index contributed by atoms with van der Waals surface area (Å²) in [5.41, 5.74) is 1.35. The van der Waals surface area contributed by atoms with E-state index in [9.17, 15) is 0 Å². The first-order chi connectivity index (χ1) is 7.29. The third kappa shape index (κ3) is 2.80. The number of benzene rings is 1. The van der Waals surface area contributed by atoms with Crippen LogP contribution in [0.15, 0.2) is 28.7 Å². The van der Waals surface area contributed by atoms with E-state index in [1.807, 2.05) is 0 Å². The topological polar surface area (TPSA) is 21.3 Å². The van der Waals surface area contributed by atoms with Crippen molar-refractivity contribution in [2.24, 2.45) is 0 Å². The molecule has 0 aliphatic carbocycles. The van der Waals surface area contributed by atoms with Gasteiger partial charge in [-0.15, -0.1) is 0 Å². The molecule has 1 aromatic carbocycles. The SMILES string of the molecule is CCC(NC1COC1)c1ccc(Br)cc1. The van der Waals surface area contributed by atoms with Gasteiger partial charge in [0.15, 0.2) is 0 Å². The number of hydrogen-bond donors (Lipinski definition) is 1. The van der Waals surface area contributed by atoms with Crippen molar-refractivity contribution in [1.29, 1.82) is 0 Å². The van der Waals surface area contributed by atoms with Gasteiger partial charge in [0.2, 0.25) is 0 Å². The first kappa shape index (κ1) is 11.1. The number of ether oxygens (including phenoxy) is 1. The van der Waals surface area contributed by atoms with Crippen LogP contribution in [0.25, 0.3) is 0 Å². The second-order valence-corrected chi connectivity index (χ2v) is 4.83. The molecular formula is C12H16BrNO. The molecule has 1 saturated heterocycles. The van der Waals surface area contributed by atoms with Crippen LogP contribution in [0.2, 0.25) is 0 Å². The fourth-order valence-electron chi connectivity index (χ4n) is 1.76. The Morgan fingerprint density at radius 3 is 2.53 bits per heavy atom. The summed E-state index contributed by atoms with van der Waals surface area (Å²) in [6.45, 7) is 3.92. The molecule has 0 amide bonds. The van der Waals surface area contributed by atoms with Gasteiger partial charge in [0.05, 0.1) is 19.3 Å².